The first-order valence-electron chi connectivity index (χ1n) is 10.3. The van der Waals surface area contributed by atoms with Crippen LogP contribution in [0.25, 0.3) is 10.8 Å². The minimum atomic E-state index is -0.326. The second kappa shape index (κ2) is 12.2. The molecule has 4 nitrogen and oxygen atoms in total. The van der Waals surface area contributed by atoms with Gasteiger partial charge in [0.05, 0.1) is 0 Å². The molecule has 0 saturated heterocycles. The SMILES string of the molecule is CCCN(CC)Sc1ccc(C(=O)c2cc(CC)cc3ccc(F)cc23)cc1.O=CO. The fourth-order valence-corrected chi connectivity index (χ4v) is 4.23. The van der Waals surface area contributed by atoms with Crippen molar-refractivity contribution in [3.05, 3.63) is 77.1 Å². The number of hydrogen-bond acceptors (Lipinski definition) is 4. The van der Waals surface area contributed by atoms with Crippen molar-refractivity contribution in [2.45, 2.75) is 38.5 Å². The molecule has 31 heavy (non-hydrogen) atoms. The molecule has 0 atom stereocenters. The number of aryl methyl sites for hydroxylation is 1. The highest BCUT2D eigenvalue weighted by atomic mass is 32.2. The number of rotatable bonds is 8. The van der Waals surface area contributed by atoms with Gasteiger partial charge in [0, 0.05) is 29.1 Å². The Bertz CT molecular complexity index is 1020. The molecule has 3 aromatic rings. The van der Waals surface area contributed by atoms with Crippen LogP contribution in [0.3, 0.4) is 0 Å². The Kier molecular flexibility index (Phi) is 9.69. The Balaban J connectivity index is 0.00000107. The predicted molar refractivity (Wildman–Crippen MR) is 125 cm³/mol. The molecule has 0 aliphatic rings. The first-order valence-corrected chi connectivity index (χ1v) is 11.1. The van der Waals surface area contributed by atoms with Crippen LogP contribution < -0.4 is 0 Å². The largest absolute Gasteiger partial charge is 0.483 e. The maximum atomic E-state index is 13.8. The molecule has 6 heteroatoms. The number of carbonyl (C=O) groups is 2. The first kappa shape index (κ1) is 24.6. The number of halogens is 1. The third-order valence-electron chi connectivity index (χ3n) is 4.81. The van der Waals surface area contributed by atoms with Gasteiger partial charge in [-0.3, -0.25) is 9.59 Å². The lowest BCUT2D eigenvalue weighted by atomic mass is 9.94. The third kappa shape index (κ3) is 6.64. The summed E-state index contributed by atoms with van der Waals surface area (Å²) in [6.45, 7) is 8.12. The Morgan fingerprint density at radius 1 is 1.06 bits per heavy atom. The van der Waals surface area contributed by atoms with Gasteiger partial charge >= 0.3 is 0 Å². The Morgan fingerprint density at radius 3 is 2.32 bits per heavy atom. The van der Waals surface area contributed by atoms with E-state index in [1.54, 1.807) is 18.0 Å². The molecule has 0 spiro atoms. The van der Waals surface area contributed by atoms with Gasteiger partial charge in [-0.05, 0) is 83.6 Å². The van der Waals surface area contributed by atoms with Crippen LogP contribution in [-0.4, -0.2) is 34.8 Å². The molecular formula is C25H28FNO3S. The Labute approximate surface area is 187 Å². The van der Waals surface area contributed by atoms with E-state index >= 15 is 0 Å². The summed E-state index contributed by atoms with van der Waals surface area (Å²) >= 11 is 1.71. The van der Waals surface area contributed by atoms with Crippen LogP contribution in [0.15, 0.2) is 59.5 Å². The highest BCUT2D eigenvalue weighted by Crippen LogP contribution is 2.27. The molecule has 0 aromatic heterocycles. The molecule has 1 N–H and O–H groups in total. The summed E-state index contributed by atoms with van der Waals surface area (Å²) in [5.74, 6) is -0.392. The molecule has 0 unspecified atom stereocenters. The van der Waals surface area contributed by atoms with E-state index in [0.717, 1.165) is 41.8 Å². The monoisotopic (exact) mass is 441 g/mol. The van der Waals surface area contributed by atoms with Crippen molar-refractivity contribution in [1.29, 1.82) is 0 Å². The second-order valence-electron chi connectivity index (χ2n) is 6.93. The molecule has 0 heterocycles. The minimum Gasteiger partial charge on any atom is -0.483 e. The average molecular weight is 442 g/mol. The molecule has 0 radical (unpaired) electrons. The quantitative estimate of drug-likeness (QED) is 0.256. The zero-order valence-electron chi connectivity index (χ0n) is 18.1. The molecule has 0 aliphatic carbocycles. The second-order valence-corrected chi connectivity index (χ2v) is 8.10. The van der Waals surface area contributed by atoms with Crippen LogP contribution in [-0.2, 0) is 11.2 Å². The van der Waals surface area contributed by atoms with Crippen molar-refractivity contribution in [1.82, 2.24) is 4.31 Å². The van der Waals surface area contributed by atoms with Crippen molar-refractivity contribution in [3.63, 3.8) is 0 Å². The molecule has 0 aliphatic heterocycles. The van der Waals surface area contributed by atoms with Crippen molar-refractivity contribution in [3.8, 4) is 0 Å². The van der Waals surface area contributed by atoms with E-state index in [4.69, 9.17) is 9.90 Å². The van der Waals surface area contributed by atoms with Gasteiger partial charge in [-0.15, -0.1) is 0 Å². The molecule has 0 amide bonds. The standard InChI is InChI=1S/C24H26FNOS.CH2O2/c1-4-13-26(6-3)28-21-11-8-18(9-12-21)24(27)23-15-17(5-2)14-19-7-10-20(25)16-22(19)23;2-1-3/h7-12,14-16H,4-6,13H2,1-3H3;1H,(H,2,3). The number of benzene rings is 3. The lowest BCUT2D eigenvalue weighted by Gasteiger charge is -2.18. The predicted octanol–water partition coefficient (Wildman–Crippen LogP) is 6.21. The zero-order chi connectivity index (χ0) is 22.8. The maximum absolute atomic E-state index is 13.8. The van der Waals surface area contributed by atoms with Gasteiger partial charge in [-0.2, -0.15) is 0 Å². The van der Waals surface area contributed by atoms with E-state index in [2.05, 4.69) is 25.1 Å². The van der Waals surface area contributed by atoms with E-state index in [1.165, 1.54) is 12.1 Å². The summed E-state index contributed by atoms with van der Waals surface area (Å²) in [4.78, 5) is 22.7. The molecule has 3 rings (SSSR count). The zero-order valence-corrected chi connectivity index (χ0v) is 18.9. The average Bonchev–Trinajstić information content (AvgIpc) is 2.78. The van der Waals surface area contributed by atoms with Crippen molar-refractivity contribution in [2.75, 3.05) is 13.1 Å². The number of carbonyl (C=O) groups excluding carboxylic acids is 1. The van der Waals surface area contributed by atoms with E-state index in [9.17, 15) is 9.18 Å². The van der Waals surface area contributed by atoms with Crippen LogP contribution in [0.2, 0.25) is 0 Å². The van der Waals surface area contributed by atoms with Gasteiger partial charge in [0.1, 0.15) is 5.82 Å². The fraction of sp³-hybridized carbons (Fsp3) is 0.280. The summed E-state index contributed by atoms with van der Waals surface area (Å²) in [7, 11) is 0. The molecule has 0 fully saturated rings. The highest BCUT2D eigenvalue weighted by Gasteiger charge is 2.15. The van der Waals surface area contributed by atoms with Crippen molar-refractivity contribution >= 4 is 35.0 Å². The highest BCUT2D eigenvalue weighted by molar-refractivity contribution is 7.97. The van der Waals surface area contributed by atoms with Crippen LogP contribution in [0.1, 0.15) is 48.7 Å². The summed E-state index contributed by atoms with van der Waals surface area (Å²) < 4.78 is 16.1. The summed E-state index contributed by atoms with van der Waals surface area (Å²) in [6, 6.07) is 16.3. The molecule has 0 bridgehead atoms. The van der Waals surface area contributed by atoms with Gasteiger partial charge in [-0.1, -0.05) is 32.9 Å². The summed E-state index contributed by atoms with van der Waals surface area (Å²) in [6.07, 6.45) is 1.93. The van der Waals surface area contributed by atoms with Crippen LogP contribution in [0, 0.1) is 5.82 Å². The third-order valence-corrected chi connectivity index (χ3v) is 5.99. The topological polar surface area (TPSA) is 57.6 Å². The van der Waals surface area contributed by atoms with E-state index in [-0.39, 0.29) is 18.1 Å². The summed E-state index contributed by atoms with van der Waals surface area (Å²) in [5.41, 5.74) is 2.27. The first-order chi connectivity index (χ1) is 15.0. The molecule has 3 aromatic carbocycles. The lowest BCUT2D eigenvalue weighted by Crippen LogP contribution is -2.15. The Hall–Kier alpha value is -2.70. The van der Waals surface area contributed by atoms with Crippen LogP contribution >= 0.6 is 11.9 Å². The van der Waals surface area contributed by atoms with Gasteiger partial charge < -0.3 is 5.11 Å². The minimum absolute atomic E-state index is 0.0663. The Morgan fingerprint density at radius 2 is 1.74 bits per heavy atom. The van der Waals surface area contributed by atoms with Gasteiger partial charge in [0.25, 0.3) is 6.47 Å². The smallest absolute Gasteiger partial charge is 0.290 e. The van der Waals surface area contributed by atoms with Crippen LogP contribution in [0.4, 0.5) is 4.39 Å². The van der Waals surface area contributed by atoms with Crippen molar-refractivity contribution < 1.29 is 19.1 Å². The lowest BCUT2D eigenvalue weighted by molar-refractivity contribution is -0.122. The summed E-state index contributed by atoms with van der Waals surface area (Å²) in [5, 5.41) is 8.45. The number of carboxylic acid groups (broad SMARTS) is 1. The normalized spacial score (nSPS) is 10.6. The van der Waals surface area contributed by atoms with Gasteiger partial charge in [0.15, 0.2) is 5.78 Å². The molecule has 0 saturated carbocycles. The number of ketones is 1. The van der Waals surface area contributed by atoms with Crippen LogP contribution in [0.5, 0.6) is 0 Å². The molecular weight excluding hydrogens is 413 g/mol. The van der Waals surface area contributed by atoms with E-state index in [1.807, 2.05) is 36.4 Å². The van der Waals surface area contributed by atoms with Gasteiger partial charge in [0.2, 0.25) is 0 Å². The van der Waals surface area contributed by atoms with E-state index < -0.39 is 0 Å². The maximum Gasteiger partial charge on any atom is 0.290 e. The number of hydrogen-bond donors (Lipinski definition) is 1. The number of fused-ring (bicyclic) bond motifs is 1. The van der Waals surface area contributed by atoms with Gasteiger partial charge in [-0.25, -0.2) is 8.70 Å². The van der Waals surface area contributed by atoms with E-state index in [0.29, 0.717) is 16.5 Å². The van der Waals surface area contributed by atoms with Crippen molar-refractivity contribution in [2.24, 2.45) is 0 Å². The molecule has 164 valence electrons. The number of nitrogens with zero attached hydrogens (tertiary/aromatic N) is 1. The fourth-order valence-electron chi connectivity index (χ4n) is 3.27.